The van der Waals surface area contributed by atoms with Crippen molar-refractivity contribution in [1.29, 1.82) is 0 Å². The molecule has 0 unspecified atom stereocenters. The summed E-state index contributed by atoms with van der Waals surface area (Å²) in [7, 11) is 0. The van der Waals surface area contributed by atoms with E-state index < -0.39 is 29.2 Å². The molecule has 178 valence electrons. The standard InChI is InChI=1S/C24H20ClF3N2O4/c25-19-11-18(21(31)30-23(22(32)33)9-3-4-10-23)20(17-6-2-1-5-16(17)19)34-13-15-8-7-14(12-29-15)24(26,27)28/h1-2,5-8,11-12H,3-4,9-10,13H2,(H,30,31)(H,32,33). The molecule has 0 saturated heterocycles. The Balaban J connectivity index is 1.68. The molecule has 0 radical (unpaired) electrons. The van der Waals surface area contributed by atoms with E-state index in [-0.39, 0.29) is 28.6 Å². The normalized spacial score (nSPS) is 15.3. The quantitative estimate of drug-likeness (QED) is 0.466. The lowest BCUT2D eigenvalue weighted by Gasteiger charge is -2.26. The van der Waals surface area contributed by atoms with Gasteiger partial charge in [-0.2, -0.15) is 13.2 Å². The second-order valence-corrected chi connectivity index (χ2v) is 8.56. The van der Waals surface area contributed by atoms with E-state index in [1.54, 1.807) is 24.3 Å². The van der Waals surface area contributed by atoms with Gasteiger partial charge >= 0.3 is 12.1 Å². The van der Waals surface area contributed by atoms with Gasteiger partial charge in [0.1, 0.15) is 17.9 Å². The third-order valence-electron chi connectivity index (χ3n) is 5.93. The number of amides is 1. The number of benzene rings is 2. The summed E-state index contributed by atoms with van der Waals surface area (Å²) in [5.41, 5.74) is -2.01. The van der Waals surface area contributed by atoms with Crippen molar-refractivity contribution in [3.63, 3.8) is 0 Å². The lowest BCUT2D eigenvalue weighted by molar-refractivity contribution is -0.144. The van der Waals surface area contributed by atoms with E-state index in [2.05, 4.69) is 10.3 Å². The molecule has 0 spiro atoms. The van der Waals surface area contributed by atoms with Gasteiger partial charge in [-0.25, -0.2) is 4.79 Å². The Morgan fingerprint density at radius 1 is 1.12 bits per heavy atom. The summed E-state index contributed by atoms with van der Waals surface area (Å²) in [5, 5.41) is 13.8. The van der Waals surface area contributed by atoms with E-state index in [0.29, 0.717) is 42.7 Å². The van der Waals surface area contributed by atoms with Crippen LogP contribution < -0.4 is 10.1 Å². The zero-order valence-corrected chi connectivity index (χ0v) is 18.5. The van der Waals surface area contributed by atoms with E-state index in [4.69, 9.17) is 16.3 Å². The molecule has 34 heavy (non-hydrogen) atoms. The Bertz CT molecular complexity index is 1240. The number of carboxylic acid groups (broad SMARTS) is 1. The number of aromatic nitrogens is 1. The number of nitrogens with one attached hydrogen (secondary N) is 1. The van der Waals surface area contributed by atoms with Crippen LogP contribution in [0, 0.1) is 0 Å². The highest BCUT2D eigenvalue weighted by Crippen LogP contribution is 2.37. The van der Waals surface area contributed by atoms with Gasteiger partial charge in [-0.15, -0.1) is 0 Å². The molecule has 1 aromatic heterocycles. The minimum Gasteiger partial charge on any atom is -0.486 e. The number of hydrogen-bond donors (Lipinski definition) is 2. The summed E-state index contributed by atoms with van der Waals surface area (Å²) >= 11 is 6.40. The maximum atomic E-state index is 13.2. The number of aliphatic carboxylic acids is 1. The van der Waals surface area contributed by atoms with Gasteiger partial charge < -0.3 is 15.2 Å². The molecule has 2 aromatic carbocycles. The number of carbonyl (C=O) groups is 2. The molecule has 4 rings (SSSR count). The molecule has 2 N–H and O–H groups in total. The molecule has 1 aliphatic rings. The fraction of sp³-hybridized carbons (Fsp3) is 0.292. The number of nitrogens with zero attached hydrogens (tertiary/aromatic N) is 1. The van der Waals surface area contributed by atoms with Crippen molar-refractivity contribution in [2.45, 2.75) is 44.0 Å². The predicted molar refractivity (Wildman–Crippen MR) is 119 cm³/mol. The maximum Gasteiger partial charge on any atom is 0.417 e. The van der Waals surface area contributed by atoms with Crippen LogP contribution in [0.4, 0.5) is 13.2 Å². The Labute approximate surface area is 197 Å². The zero-order chi connectivity index (χ0) is 24.5. The molecule has 1 saturated carbocycles. The van der Waals surface area contributed by atoms with Crippen LogP contribution in [0.1, 0.15) is 47.3 Å². The van der Waals surface area contributed by atoms with Gasteiger partial charge in [0, 0.05) is 22.0 Å². The second kappa shape index (κ2) is 9.13. The van der Waals surface area contributed by atoms with E-state index in [0.717, 1.165) is 6.07 Å². The molecule has 0 aliphatic heterocycles. The van der Waals surface area contributed by atoms with Gasteiger partial charge in [-0.1, -0.05) is 48.7 Å². The highest BCUT2D eigenvalue weighted by molar-refractivity contribution is 6.36. The first-order valence-electron chi connectivity index (χ1n) is 10.5. The third-order valence-corrected chi connectivity index (χ3v) is 6.24. The minimum absolute atomic E-state index is 0.0307. The van der Waals surface area contributed by atoms with Crippen LogP contribution in [0.25, 0.3) is 10.8 Å². The molecule has 1 heterocycles. The van der Waals surface area contributed by atoms with E-state index in [9.17, 15) is 27.9 Å². The van der Waals surface area contributed by atoms with Gasteiger partial charge in [0.05, 0.1) is 16.8 Å². The maximum absolute atomic E-state index is 13.2. The summed E-state index contributed by atoms with van der Waals surface area (Å²) in [6.45, 7) is -0.214. The van der Waals surface area contributed by atoms with Gasteiger partial charge in [-0.3, -0.25) is 9.78 Å². The molecule has 0 bridgehead atoms. The smallest absolute Gasteiger partial charge is 0.417 e. The Morgan fingerprint density at radius 2 is 1.79 bits per heavy atom. The fourth-order valence-electron chi connectivity index (χ4n) is 4.11. The largest absolute Gasteiger partial charge is 0.486 e. The van der Waals surface area contributed by atoms with E-state index in [1.165, 1.54) is 12.1 Å². The van der Waals surface area contributed by atoms with Crippen LogP contribution in [0.15, 0.2) is 48.7 Å². The van der Waals surface area contributed by atoms with Crippen molar-refractivity contribution in [1.82, 2.24) is 10.3 Å². The second-order valence-electron chi connectivity index (χ2n) is 8.15. The molecule has 10 heteroatoms. The van der Waals surface area contributed by atoms with Crippen LogP contribution in [-0.2, 0) is 17.6 Å². The number of carboxylic acids is 1. The summed E-state index contributed by atoms with van der Waals surface area (Å²) in [6.07, 6.45) is -1.84. The molecule has 1 aliphatic carbocycles. The number of hydrogen-bond acceptors (Lipinski definition) is 4. The molecule has 3 aromatic rings. The van der Waals surface area contributed by atoms with E-state index >= 15 is 0 Å². The predicted octanol–water partition coefficient (Wildman–Crippen LogP) is 5.61. The van der Waals surface area contributed by atoms with Crippen molar-refractivity contribution < 1.29 is 32.6 Å². The van der Waals surface area contributed by atoms with E-state index in [1.807, 2.05) is 0 Å². The van der Waals surface area contributed by atoms with Crippen LogP contribution in [0.3, 0.4) is 0 Å². The summed E-state index contributed by atoms with van der Waals surface area (Å²) < 4.78 is 44.3. The molecule has 1 fully saturated rings. The van der Waals surface area contributed by atoms with Gasteiger partial charge in [0.15, 0.2) is 0 Å². The van der Waals surface area contributed by atoms with Crippen LogP contribution >= 0.6 is 11.6 Å². The highest BCUT2D eigenvalue weighted by Gasteiger charge is 2.43. The van der Waals surface area contributed by atoms with Crippen LogP contribution in [0.2, 0.25) is 5.02 Å². The summed E-state index contributed by atoms with van der Waals surface area (Å²) in [4.78, 5) is 28.9. The number of pyridine rings is 1. The average Bonchev–Trinajstić information content (AvgIpc) is 3.28. The molecule has 1 amide bonds. The number of rotatable bonds is 6. The SMILES string of the molecule is O=C(NC1(C(=O)O)CCCC1)c1cc(Cl)c2ccccc2c1OCc1ccc(C(F)(F)F)cn1. The Hall–Kier alpha value is -3.33. The lowest BCUT2D eigenvalue weighted by atomic mass is 9.96. The highest BCUT2D eigenvalue weighted by atomic mass is 35.5. The molecular weight excluding hydrogens is 473 g/mol. The number of fused-ring (bicyclic) bond motifs is 1. The Morgan fingerprint density at radius 3 is 2.38 bits per heavy atom. The number of ether oxygens (including phenoxy) is 1. The van der Waals surface area contributed by atoms with Gasteiger partial charge in [0.25, 0.3) is 5.91 Å². The number of alkyl halides is 3. The van der Waals surface area contributed by atoms with Crippen molar-refractivity contribution >= 4 is 34.2 Å². The minimum atomic E-state index is -4.51. The average molecular weight is 493 g/mol. The zero-order valence-electron chi connectivity index (χ0n) is 17.8. The third kappa shape index (κ3) is 4.65. The first-order chi connectivity index (χ1) is 16.1. The first kappa shape index (κ1) is 23.8. The summed E-state index contributed by atoms with van der Waals surface area (Å²) in [5.74, 6) is -1.63. The molecular formula is C24H20ClF3N2O4. The van der Waals surface area contributed by atoms with Crippen molar-refractivity contribution in [3.8, 4) is 5.75 Å². The number of halogens is 4. The lowest BCUT2D eigenvalue weighted by Crippen LogP contribution is -2.52. The van der Waals surface area contributed by atoms with Crippen molar-refractivity contribution in [2.75, 3.05) is 0 Å². The first-order valence-corrected chi connectivity index (χ1v) is 10.9. The number of carbonyl (C=O) groups excluding carboxylic acids is 1. The van der Waals surface area contributed by atoms with Gasteiger partial charge in [-0.05, 0) is 31.0 Å². The molecule has 6 nitrogen and oxygen atoms in total. The fourth-order valence-corrected chi connectivity index (χ4v) is 4.38. The monoisotopic (exact) mass is 492 g/mol. The van der Waals surface area contributed by atoms with Crippen molar-refractivity contribution in [2.24, 2.45) is 0 Å². The topological polar surface area (TPSA) is 88.5 Å². The van der Waals surface area contributed by atoms with Crippen LogP contribution in [-0.4, -0.2) is 27.5 Å². The van der Waals surface area contributed by atoms with Gasteiger partial charge in [0.2, 0.25) is 0 Å². The van der Waals surface area contributed by atoms with Crippen LogP contribution in [0.5, 0.6) is 5.75 Å². The molecule has 0 atom stereocenters. The van der Waals surface area contributed by atoms with Crippen molar-refractivity contribution in [3.05, 3.63) is 70.5 Å². The Kier molecular flexibility index (Phi) is 6.40. The summed E-state index contributed by atoms with van der Waals surface area (Å²) in [6, 6.07) is 10.4.